The number of hydrogen-bond donors (Lipinski definition) is 2. The van der Waals surface area contributed by atoms with Crippen molar-refractivity contribution in [3.63, 3.8) is 0 Å². The van der Waals surface area contributed by atoms with Gasteiger partial charge in [0.1, 0.15) is 22.9 Å². The fourth-order valence-corrected chi connectivity index (χ4v) is 5.22. The molecule has 0 fully saturated rings. The molecule has 1 unspecified atom stereocenters. The van der Waals surface area contributed by atoms with Crippen molar-refractivity contribution in [1.29, 1.82) is 0 Å². The Morgan fingerprint density at radius 3 is 2.72 bits per heavy atom. The first kappa shape index (κ1) is 22.0. The maximum absolute atomic E-state index is 13.6. The zero-order chi connectivity index (χ0) is 23.3. The molecule has 1 aromatic carbocycles. The van der Waals surface area contributed by atoms with Gasteiger partial charge in [-0.3, -0.25) is 9.78 Å². The van der Waals surface area contributed by atoms with E-state index < -0.39 is 21.5 Å². The Morgan fingerprint density at radius 2 is 2.03 bits per heavy atom. The van der Waals surface area contributed by atoms with Crippen LogP contribution in [0.15, 0.2) is 47.5 Å². The van der Waals surface area contributed by atoms with Crippen molar-refractivity contribution in [2.75, 3.05) is 11.9 Å². The highest BCUT2D eigenvalue weighted by Gasteiger charge is 2.42. The van der Waals surface area contributed by atoms with E-state index in [-0.39, 0.29) is 28.8 Å². The molecule has 1 aliphatic heterocycles. The van der Waals surface area contributed by atoms with Crippen LogP contribution in [0.1, 0.15) is 34.4 Å². The Labute approximate surface area is 185 Å². The van der Waals surface area contributed by atoms with E-state index in [1.54, 1.807) is 33.0 Å². The molecule has 32 heavy (non-hydrogen) atoms. The minimum Gasteiger partial charge on any atom is -0.487 e. The highest BCUT2D eigenvalue weighted by molar-refractivity contribution is 7.89. The molecule has 0 spiro atoms. The fourth-order valence-electron chi connectivity index (χ4n) is 3.66. The Morgan fingerprint density at radius 1 is 1.28 bits per heavy atom. The van der Waals surface area contributed by atoms with Gasteiger partial charge >= 0.3 is 0 Å². The summed E-state index contributed by atoms with van der Waals surface area (Å²) in [6.07, 6.45) is 1.33. The van der Waals surface area contributed by atoms with E-state index in [1.807, 2.05) is 13.0 Å². The third-order valence-corrected chi connectivity index (χ3v) is 6.93. The summed E-state index contributed by atoms with van der Waals surface area (Å²) in [5, 5.41) is 2.68. The lowest BCUT2D eigenvalue weighted by molar-refractivity contribution is 0.101. The molecular weight excluding hydrogens is 435 g/mol. The molecule has 0 bridgehead atoms. The van der Waals surface area contributed by atoms with E-state index in [1.165, 1.54) is 29.0 Å². The maximum atomic E-state index is 13.6. The number of fused-ring (bicyclic) bond motifs is 1. The maximum Gasteiger partial charge on any atom is 0.276 e. The van der Waals surface area contributed by atoms with Gasteiger partial charge in [0, 0.05) is 24.6 Å². The van der Waals surface area contributed by atoms with Crippen LogP contribution in [0.2, 0.25) is 0 Å². The molecule has 0 aliphatic carbocycles. The fraction of sp³-hybridized carbons (Fsp3) is 0.273. The van der Waals surface area contributed by atoms with Crippen LogP contribution >= 0.6 is 0 Å². The van der Waals surface area contributed by atoms with Crippen LogP contribution in [0.4, 0.5) is 10.1 Å². The summed E-state index contributed by atoms with van der Waals surface area (Å²) < 4.78 is 49.9. The Balaban J connectivity index is 1.72. The van der Waals surface area contributed by atoms with Gasteiger partial charge in [0.05, 0.1) is 5.69 Å². The molecule has 8 nitrogen and oxygen atoms in total. The molecule has 10 heteroatoms. The van der Waals surface area contributed by atoms with E-state index in [0.717, 1.165) is 5.69 Å². The zero-order valence-electron chi connectivity index (χ0n) is 18.1. The first-order valence-corrected chi connectivity index (χ1v) is 11.4. The van der Waals surface area contributed by atoms with E-state index in [0.29, 0.717) is 16.9 Å². The summed E-state index contributed by atoms with van der Waals surface area (Å²) in [6.45, 7) is 5.00. The van der Waals surface area contributed by atoms with E-state index in [9.17, 15) is 17.6 Å². The summed E-state index contributed by atoms with van der Waals surface area (Å²) in [5.74, 6) is -1.01. The first-order valence-electron chi connectivity index (χ1n) is 9.88. The van der Waals surface area contributed by atoms with Gasteiger partial charge < -0.3 is 14.6 Å². The van der Waals surface area contributed by atoms with Gasteiger partial charge in [-0.25, -0.2) is 12.8 Å². The van der Waals surface area contributed by atoms with Gasteiger partial charge in [-0.05, 0) is 56.7 Å². The summed E-state index contributed by atoms with van der Waals surface area (Å²) in [7, 11) is -2.48. The van der Waals surface area contributed by atoms with Crippen molar-refractivity contribution in [2.24, 2.45) is 7.05 Å². The second-order valence-corrected chi connectivity index (χ2v) is 9.74. The average Bonchev–Trinajstić information content (AvgIpc) is 3.01. The lowest BCUT2D eigenvalue weighted by atomic mass is 9.99. The van der Waals surface area contributed by atoms with Crippen molar-refractivity contribution in [3.8, 4) is 5.75 Å². The number of aryl methyl sites for hydroxylation is 3. The summed E-state index contributed by atoms with van der Waals surface area (Å²) in [6, 6.07) is 9.50. The van der Waals surface area contributed by atoms with Crippen LogP contribution in [0.5, 0.6) is 5.75 Å². The lowest BCUT2D eigenvalue weighted by Gasteiger charge is -2.27. The molecule has 0 saturated heterocycles. The molecule has 4 rings (SSSR count). The van der Waals surface area contributed by atoms with Crippen LogP contribution in [0, 0.1) is 19.7 Å². The van der Waals surface area contributed by atoms with Crippen LogP contribution in [0.3, 0.4) is 0 Å². The zero-order valence-corrected chi connectivity index (χ0v) is 18.9. The number of pyridine rings is 1. The number of aromatic nitrogens is 2. The molecule has 2 aromatic heterocycles. The Bertz CT molecular complexity index is 1340. The molecular formula is C22H23FN4O4S. The number of amides is 1. The van der Waals surface area contributed by atoms with Crippen molar-refractivity contribution in [3.05, 3.63) is 71.1 Å². The molecule has 3 heterocycles. The smallest absolute Gasteiger partial charge is 0.276 e. The molecule has 1 aliphatic rings. The van der Waals surface area contributed by atoms with Gasteiger partial charge in [0.25, 0.3) is 5.91 Å². The quantitative estimate of drug-likeness (QED) is 0.628. The van der Waals surface area contributed by atoms with Crippen molar-refractivity contribution in [2.45, 2.75) is 31.2 Å². The molecule has 2 N–H and O–H groups in total. The molecule has 1 amide bonds. The van der Waals surface area contributed by atoms with Crippen LogP contribution in [-0.2, 0) is 22.6 Å². The number of carbonyl (C=O) groups excluding carboxylic acids is 1. The van der Waals surface area contributed by atoms with Gasteiger partial charge in [0.2, 0.25) is 10.0 Å². The number of anilines is 1. The predicted molar refractivity (Wildman–Crippen MR) is 117 cm³/mol. The second kappa shape index (κ2) is 7.72. The summed E-state index contributed by atoms with van der Waals surface area (Å²) in [4.78, 5) is 17.3. The third kappa shape index (κ3) is 3.87. The monoisotopic (exact) mass is 458 g/mol. The van der Waals surface area contributed by atoms with Crippen molar-refractivity contribution in [1.82, 2.24) is 14.3 Å². The molecule has 0 saturated carbocycles. The Kier molecular flexibility index (Phi) is 5.30. The number of benzene rings is 1. The number of nitrogens with zero attached hydrogens (tertiary/aromatic N) is 2. The van der Waals surface area contributed by atoms with Crippen LogP contribution in [0.25, 0.3) is 0 Å². The van der Waals surface area contributed by atoms with Crippen LogP contribution < -0.4 is 14.8 Å². The number of nitrogens with one attached hydrogen (secondary N) is 2. The van der Waals surface area contributed by atoms with Crippen molar-refractivity contribution < 1.29 is 22.3 Å². The highest BCUT2D eigenvalue weighted by Crippen LogP contribution is 2.36. The minimum atomic E-state index is -4.03. The molecule has 1 atom stereocenters. The molecule has 168 valence electrons. The van der Waals surface area contributed by atoms with Gasteiger partial charge in [-0.2, -0.15) is 4.72 Å². The second-order valence-electron chi connectivity index (χ2n) is 8.09. The number of halogens is 1. The summed E-state index contributed by atoms with van der Waals surface area (Å²) >= 11 is 0. The van der Waals surface area contributed by atoms with Gasteiger partial charge in [0.15, 0.2) is 11.4 Å². The van der Waals surface area contributed by atoms with Gasteiger partial charge in [-0.1, -0.05) is 6.07 Å². The highest BCUT2D eigenvalue weighted by atomic mass is 32.2. The largest absolute Gasteiger partial charge is 0.487 e. The van der Waals surface area contributed by atoms with E-state index >= 15 is 0 Å². The SMILES string of the molecule is Cc1cccc(C2(C)COc3c(cn(C)c3C(=O)Nc3ccc(F)c(C)c3)S(=O)(=O)N2)n1. The number of carbonyl (C=O) groups is 1. The summed E-state index contributed by atoms with van der Waals surface area (Å²) in [5.41, 5.74) is 0.889. The number of sulfonamides is 1. The standard InChI is InChI=1S/C22H23FN4O4S/c1-13-10-15(8-9-16(13)23)25-21(28)19-20-17(11-27(19)4)32(29,30)26-22(3,12-31-20)18-7-5-6-14(2)24-18/h5-11,26H,12H2,1-4H3,(H,25,28). The molecule has 3 aromatic rings. The predicted octanol–water partition coefficient (Wildman–Crippen LogP) is 3.01. The van der Waals surface area contributed by atoms with Crippen molar-refractivity contribution >= 4 is 21.6 Å². The third-order valence-electron chi connectivity index (χ3n) is 5.34. The van der Waals surface area contributed by atoms with Crippen LogP contribution in [-0.4, -0.2) is 30.5 Å². The molecule has 0 radical (unpaired) electrons. The average molecular weight is 459 g/mol. The normalized spacial score (nSPS) is 19.5. The number of ether oxygens (including phenoxy) is 1. The Hall–Kier alpha value is -3.24. The topological polar surface area (TPSA) is 102 Å². The number of rotatable bonds is 3. The number of hydrogen-bond acceptors (Lipinski definition) is 5. The van der Waals surface area contributed by atoms with E-state index in [2.05, 4.69) is 15.0 Å². The van der Waals surface area contributed by atoms with E-state index in [4.69, 9.17) is 4.74 Å². The minimum absolute atomic E-state index is 0.0359. The van der Waals surface area contributed by atoms with Gasteiger partial charge in [-0.15, -0.1) is 0 Å². The first-order chi connectivity index (χ1) is 15.0. The lowest BCUT2D eigenvalue weighted by Crippen LogP contribution is -2.46.